The van der Waals surface area contributed by atoms with Gasteiger partial charge in [-0.1, -0.05) is 12.2 Å². The summed E-state index contributed by atoms with van der Waals surface area (Å²) in [6, 6.07) is 0. The van der Waals surface area contributed by atoms with Crippen LogP contribution in [0, 0.1) is 17.8 Å². The fourth-order valence-electron chi connectivity index (χ4n) is 2.90. The van der Waals surface area contributed by atoms with Crippen LogP contribution in [0.25, 0.3) is 0 Å². The molecule has 2 aliphatic rings. The van der Waals surface area contributed by atoms with Crippen molar-refractivity contribution in [3.63, 3.8) is 0 Å². The Hall–Kier alpha value is -0.760. The summed E-state index contributed by atoms with van der Waals surface area (Å²) >= 11 is 0. The second kappa shape index (κ2) is 6.16. The third-order valence-corrected chi connectivity index (χ3v) is 3.91. The SMILES string of the molecule is CCO.OC(CC1CC2C=CC1C2)(C(F)(F)F)C(F)(F)F. The van der Waals surface area contributed by atoms with Crippen LogP contribution < -0.4 is 0 Å². The van der Waals surface area contributed by atoms with Crippen LogP contribution in [-0.4, -0.2) is 34.8 Å². The van der Waals surface area contributed by atoms with Gasteiger partial charge in [-0.2, -0.15) is 26.3 Å². The number of hydrogen-bond donors (Lipinski definition) is 2. The number of hydrogen-bond acceptors (Lipinski definition) is 2. The molecule has 8 heteroatoms. The fraction of sp³-hybridized carbons (Fsp3) is 0.846. The van der Waals surface area contributed by atoms with Gasteiger partial charge < -0.3 is 10.2 Å². The van der Waals surface area contributed by atoms with Crippen molar-refractivity contribution < 1.29 is 36.6 Å². The van der Waals surface area contributed by atoms with Gasteiger partial charge in [0.05, 0.1) is 0 Å². The van der Waals surface area contributed by atoms with Crippen LogP contribution in [0.1, 0.15) is 26.2 Å². The molecule has 2 bridgehead atoms. The van der Waals surface area contributed by atoms with Gasteiger partial charge in [0.2, 0.25) is 0 Å². The average molecular weight is 320 g/mol. The van der Waals surface area contributed by atoms with Gasteiger partial charge in [-0.25, -0.2) is 0 Å². The molecule has 1 fully saturated rings. The Morgan fingerprint density at radius 2 is 1.48 bits per heavy atom. The molecule has 3 atom stereocenters. The quantitative estimate of drug-likeness (QED) is 0.604. The lowest BCUT2D eigenvalue weighted by molar-refractivity contribution is -0.373. The smallest absolute Gasteiger partial charge is 0.397 e. The first-order chi connectivity index (χ1) is 9.46. The third kappa shape index (κ3) is 3.71. The second-order valence-electron chi connectivity index (χ2n) is 5.42. The highest BCUT2D eigenvalue weighted by atomic mass is 19.4. The zero-order valence-electron chi connectivity index (χ0n) is 11.4. The van der Waals surface area contributed by atoms with E-state index < -0.39 is 30.3 Å². The van der Waals surface area contributed by atoms with E-state index in [1.54, 1.807) is 13.0 Å². The molecular formula is C13H18F6O2. The summed E-state index contributed by atoms with van der Waals surface area (Å²) in [5, 5.41) is 16.7. The van der Waals surface area contributed by atoms with Crippen LogP contribution in [0.5, 0.6) is 0 Å². The molecule has 0 aromatic heterocycles. The van der Waals surface area contributed by atoms with E-state index in [2.05, 4.69) is 0 Å². The molecule has 0 aromatic rings. The van der Waals surface area contributed by atoms with E-state index in [0.29, 0.717) is 6.42 Å². The van der Waals surface area contributed by atoms with Crippen molar-refractivity contribution in [3.8, 4) is 0 Å². The molecule has 2 rings (SSSR count). The molecule has 0 aliphatic heterocycles. The van der Waals surface area contributed by atoms with Crippen LogP contribution in [0.4, 0.5) is 26.3 Å². The molecular weight excluding hydrogens is 302 g/mol. The highest BCUT2D eigenvalue weighted by Crippen LogP contribution is 2.53. The van der Waals surface area contributed by atoms with Crippen LogP contribution in [-0.2, 0) is 0 Å². The van der Waals surface area contributed by atoms with Gasteiger partial charge in [0, 0.05) is 6.61 Å². The first kappa shape index (κ1) is 18.3. The standard InChI is InChI=1S/C11H12F6O.C2H6O/c12-10(13,14)9(18,11(15,16)17)5-8-4-6-1-2-7(8)3-6;1-2-3/h1-2,6-8,18H,3-5H2;3H,2H2,1H3. The van der Waals surface area contributed by atoms with E-state index in [-0.39, 0.29) is 24.9 Å². The van der Waals surface area contributed by atoms with Crippen LogP contribution >= 0.6 is 0 Å². The molecule has 0 amide bonds. The Labute approximate surface area is 118 Å². The minimum atomic E-state index is -5.70. The predicted molar refractivity (Wildman–Crippen MR) is 63.3 cm³/mol. The molecule has 2 N–H and O–H groups in total. The summed E-state index contributed by atoms with van der Waals surface area (Å²) in [5.74, 6) is -0.967. The van der Waals surface area contributed by atoms with Crippen LogP contribution in [0.15, 0.2) is 12.2 Å². The lowest BCUT2D eigenvalue weighted by Crippen LogP contribution is -2.58. The Morgan fingerprint density at radius 1 is 1.00 bits per heavy atom. The maximum absolute atomic E-state index is 12.5. The number of alkyl halides is 6. The van der Waals surface area contributed by atoms with Gasteiger partial charge in [0.25, 0.3) is 5.60 Å². The van der Waals surface area contributed by atoms with Gasteiger partial charge in [-0.05, 0) is 43.9 Å². The zero-order chi connectivity index (χ0) is 16.5. The minimum absolute atomic E-state index is 0.0608. The maximum atomic E-state index is 12.5. The zero-order valence-corrected chi connectivity index (χ0v) is 11.4. The summed E-state index contributed by atoms with van der Waals surface area (Å²) in [6.07, 6.45) is -8.33. The van der Waals surface area contributed by atoms with Crippen molar-refractivity contribution in [2.45, 2.75) is 44.1 Å². The fourth-order valence-corrected chi connectivity index (χ4v) is 2.90. The third-order valence-electron chi connectivity index (χ3n) is 3.91. The topological polar surface area (TPSA) is 40.5 Å². The van der Waals surface area contributed by atoms with E-state index in [4.69, 9.17) is 10.2 Å². The lowest BCUT2D eigenvalue weighted by Gasteiger charge is -2.35. The van der Waals surface area contributed by atoms with Crippen molar-refractivity contribution >= 4 is 0 Å². The predicted octanol–water partition coefficient (Wildman–Crippen LogP) is 3.44. The van der Waals surface area contributed by atoms with Crippen LogP contribution in [0.3, 0.4) is 0 Å². The molecule has 2 aliphatic carbocycles. The van der Waals surface area contributed by atoms with E-state index in [9.17, 15) is 26.3 Å². The van der Waals surface area contributed by atoms with Crippen molar-refractivity contribution in [2.75, 3.05) is 6.61 Å². The van der Waals surface area contributed by atoms with Gasteiger partial charge in [0.15, 0.2) is 0 Å². The Morgan fingerprint density at radius 3 is 1.76 bits per heavy atom. The monoisotopic (exact) mass is 320 g/mol. The molecule has 2 nitrogen and oxygen atoms in total. The number of aliphatic hydroxyl groups excluding tert-OH is 1. The molecule has 3 unspecified atom stereocenters. The van der Waals surface area contributed by atoms with E-state index in [0.717, 1.165) is 0 Å². The van der Waals surface area contributed by atoms with E-state index in [1.807, 2.05) is 6.08 Å². The summed E-state index contributed by atoms with van der Waals surface area (Å²) in [4.78, 5) is 0. The summed E-state index contributed by atoms with van der Waals surface area (Å²) < 4.78 is 75.0. The summed E-state index contributed by atoms with van der Waals surface area (Å²) in [6.45, 7) is 1.93. The average Bonchev–Trinajstić information content (AvgIpc) is 2.88. The molecule has 21 heavy (non-hydrogen) atoms. The lowest BCUT2D eigenvalue weighted by atomic mass is 9.82. The van der Waals surface area contributed by atoms with Gasteiger partial charge >= 0.3 is 12.4 Å². The molecule has 124 valence electrons. The van der Waals surface area contributed by atoms with Crippen molar-refractivity contribution in [2.24, 2.45) is 17.8 Å². The number of rotatable bonds is 2. The van der Waals surface area contributed by atoms with Crippen molar-refractivity contribution in [1.29, 1.82) is 0 Å². The highest BCUT2D eigenvalue weighted by molar-refractivity contribution is 5.12. The Bertz CT molecular complexity index is 360. The summed E-state index contributed by atoms with van der Waals surface area (Å²) in [7, 11) is 0. The highest BCUT2D eigenvalue weighted by Gasteiger charge is 2.71. The normalized spacial score (nSPS) is 28.5. The van der Waals surface area contributed by atoms with E-state index in [1.165, 1.54) is 0 Å². The molecule has 0 heterocycles. The first-order valence-electron chi connectivity index (χ1n) is 6.61. The van der Waals surface area contributed by atoms with E-state index >= 15 is 0 Å². The largest absolute Gasteiger partial charge is 0.426 e. The molecule has 0 saturated heterocycles. The van der Waals surface area contributed by atoms with Gasteiger partial charge in [-0.3, -0.25) is 0 Å². The molecule has 1 saturated carbocycles. The molecule has 0 radical (unpaired) electrons. The van der Waals surface area contributed by atoms with Crippen molar-refractivity contribution in [1.82, 2.24) is 0 Å². The number of allylic oxidation sites excluding steroid dienone is 2. The van der Waals surface area contributed by atoms with Gasteiger partial charge in [-0.15, -0.1) is 0 Å². The Kier molecular flexibility index (Phi) is 5.36. The maximum Gasteiger partial charge on any atom is 0.426 e. The number of aliphatic hydroxyl groups is 2. The Balaban J connectivity index is 0.000000677. The minimum Gasteiger partial charge on any atom is -0.397 e. The number of fused-ring (bicyclic) bond motifs is 2. The van der Waals surface area contributed by atoms with Crippen molar-refractivity contribution in [3.05, 3.63) is 12.2 Å². The second-order valence-corrected chi connectivity index (χ2v) is 5.42. The first-order valence-corrected chi connectivity index (χ1v) is 6.61. The molecule has 0 spiro atoms. The van der Waals surface area contributed by atoms with Gasteiger partial charge in [0.1, 0.15) is 0 Å². The number of halogens is 6. The van der Waals surface area contributed by atoms with Crippen LogP contribution in [0.2, 0.25) is 0 Å². The molecule has 0 aromatic carbocycles. The summed E-state index contributed by atoms with van der Waals surface area (Å²) in [5.41, 5.74) is -4.59.